The molecule has 2 aromatic carbocycles. The Bertz CT molecular complexity index is 612. The zero-order chi connectivity index (χ0) is 14.4. The van der Waals surface area contributed by atoms with E-state index in [4.69, 9.17) is 10.5 Å². The number of ether oxygens (including phenoxy) is 1. The van der Waals surface area contributed by atoms with Crippen molar-refractivity contribution in [3.05, 3.63) is 54.6 Å². The highest BCUT2D eigenvalue weighted by Gasteiger charge is 2.12. The van der Waals surface area contributed by atoms with E-state index in [0.29, 0.717) is 17.1 Å². The fraction of sp³-hybridized carbons (Fsp3) is 0.0667. The highest BCUT2D eigenvalue weighted by molar-refractivity contribution is 6.03. The van der Waals surface area contributed by atoms with E-state index in [2.05, 4.69) is 5.32 Å². The number of para-hydroxylation sites is 3. The van der Waals surface area contributed by atoms with Gasteiger partial charge in [-0.1, -0.05) is 30.3 Å². The molecule has 0 fully saturated rings. The molecule has 0 spiro atoms. The van der Waals surface area contributed by atoms with Crippen LogP contribution in [0.25, 0.3) is 0 Å². The van der Waals surface area contributed by atoms with Crippen LogP contribution in [0.2, 0.25) is 0 Å². The molecule has 0 radical (unpaired) electrons. The van der Waals surface area contributed by atoms with Gasteiger partial charge in [0.15, 0.2) is 0 Å². The van der Waals surface area contributed by atoms with Gasteiger partial charge in [0.05, 0.1) is 11.4 Å². The zero-order valence-corrected chi connectivity index (χ0v) is 10.7. The maximum absolute atomic E-state index is 11.7. The first-order valence-corrected chi connectivity index (χ1v) is 6.05. The first-order chi connectivity index (χ1) is 9.65. The maximum Gasteiger partial charge on any atom is 0.320 e. The average Bonchev–Trinajstić information content (AvgIpc) is 2.42. The molecule has 0 saturated carbocycles. The van der Waals surface area contributed by atoms with Gasteiger partial charge in [0.25, 0.3) is 0 Å². The minimum Gasteiger partial charge on any atom is -0.426 e. The highest BCUT2D eigenvalue weighted by Crippen LogP contribution is 2.17. The van der Waals surface area contributed by atoms with E-state index in [-0.39, 0.29) is 6.42 Å². The largest absolute Gasteiger partial charge is 0.426 e. The lowest BCUT2D eigenvalue weighted by atomic mass is 10.2. The molecule has 0 aliphatic heterocycles. The topological polar surface area (TPSA) is 81.4 Å². The molecular formula is C15H14N2O3. The molecule has 0 heterocycles. The lowest BCUT2D eigenvalue weighted by Gasteiger charge is -2.07. The normalized spacial score (nSPS) is 9.80. The van der Waals surface area contributed by atoms with Crippen molar-refractivity contribution in [3.63, 3.8) is 0 Å². The van der Waals surface area contributed by atoms with E-state index in [1.807, 2.05) is 6.07 Å². The monoisotopic (exact) mass is 270 g/mol. The molecule has 3 N–H and O–H groups in total. The summed E-state index contributed by atoms with van der Waals surface area (Å²) in [5.74, 6) is -0.684. The molecule has 0 bridgehead atoms. The lowest BCUT2D eigenvalue weighted by Crippen LogP contribution is -2.20. The molecule has 0 aromatic heterocycles. The van der Waals surface area contributed by atoms with Crippen molar-refractivity contribution in [3.8, 4) is 5.75 Å². The van der Waals surface area contributed by atoms with Crippen LogP contribution < -0.4 is 15.8 Å². The summed E-state index contributed by atoms with van der Waals surface area (Å²) >= 11 is 0. The molecule has 2 aromatic rings. The lowest BCUT2D eigenvalue weighted by molar-refractivity contribution is -0.137. The molecule has 20 heavy (non-hydrogen) atoms. The van der Waals surface area contributed by atoms with E-state index < -0.39 is 11.9 Å². The number of anilines is 2. The molecule has 0 saturated heterocycles. The second-order valence-corrected chi connectivity index (χ2v) is 4.10. The Kier molecular flexibility index (Phi) is 4.34. The molecule has 102 valence electrons. The second kappa shape index (κ2) is 6.38. The van der Waals surface area contributed by atoms with E-state index in [1.54, 1.807) is 48.5 Å². The smallest absolute Gasteiger partial charge is 0.320 e. The number of rotatable bonds is 4. The van der Waals surface area contributed by atoms with Crippen molar-refractivity contribution >= 4 is 23.3 Å². The van der Waals surface area contributed by atoms with Gasteiger partial charge >= 0.3 is 5.97 Å². The summed E-state index contributed by atoms with van der Waals surface area (Å²) in [7, 11) is 0. The highest BCUT2D eigenvalue weighted by atomic mass is 16.5. The minimum absolute atomic E-state index is 0.372. The Morgan fingerprint density at radius 3 is 2.35 bits per heavy atom. The Morgan fingerprint density at radius 2 is 1.65 bits per heavy atom. The van der Waals surface area contributed by atoms with E-state index >= 15 is 0 Å². The number of nitrogens with two attached hydrogens (primary N) is 1. The quantitative estimate of drug-likeness (QED) is 0.386. The van der Waals surface area contributed by atoms with Gasteiger partial charge < -0.3 is 15.8 Å². The number of carbonyl (C=O) groups is 2. The van der Waals surface area contributed by atoms with Crippen LogP contribution in [-0.4, -0.2) is 11.9 Å². The van der Waals surface area contributed by atoms with Gasteiger partial charge in [-0.15, -0.1) is 0 Å². The van der Waals surface area contributed by atoms with Gasteiger partial charge in [0.2, 0.25) is 5.91 Å². The maximum atomic E-state index is 11.7. The van der Waals surface area contributed by atoms with Crippen molar-refractivity contribution in [2.75, 3.05) is 11.1 Å². The van der Waals surface area contributed by atoms with Crippen molar-refractivity contribution in [2.24, 2.45) is 0 Å². The van der Waals surface area contributed by atoms with Gasteiger partial charge in [0, 0.05) is 0 Å². The molecule has 0 atom stereocenters. The van der Waals surface area contributed by atoms with Crippen LogP contribution >= 0.6 is 0 Å². The van der Waals surface area contributed by atoms with Crippen molar-refractivity contribution in [1.29, 1.82) is 0 Å². The molecule has 0 unspecified atom stereocenters. The van der Waals surface area contributed by atoms with Crippen LogP contribution in [0.3, 0.4) is 0 Å². The van der Waals surface area contributed by atoms with Crippen LogP contribution in [0.4, 0.5) is 11.4 Å². The van der Waals surface area contributed by atoms with Crippen LogP contribution in [0, 0.1) is 0 Å². The summed E-state index contributed by atoms with van der Waals surface area (Å²) in [6.07, 6.45) is -0.372. The summed E-state index contributed by atoms with van der Waals surface area (Å²) in [6, 6.07) is 15.4. The van der Waals surface area contributed by atoms with Crippen LogP contribution in [-0.2, 0) is 9.59 Å². The van der Waals surface area contributed by atoms with Crippen LogP contribution in [0.1, 0.15) is 6.42 Å². The van der Waals surface area contributed by atoms with E-state index in [0.717, 1.165) is 0 Å². The van der Waals surface area contributed by atoms with Crippen molar-refractivity contribution < 1.29 is 14.3 Å². The van der Waals surface area contributed by atoms with Crippen molar-refractivity contribution in [2.45, 2.75) is 6.42 Å². The van der Waals surface area contributed by atoms with Gasteiger partial charge in [-0.25, -0.2) is 0 Å². The number of nitrogens with one attached hydrogen (secondary N) is 1. The van der Waals surface area contributed by atoms with Gasteiger partial charge in [-0.3, -0.25) is 9.59 Å². The minimum atomic E-state index is -0.622. The summed E-state index contributed by atoms with van der Waals surface area (Å²) in [5, 5.41) is 2.56. The molecule has 5 nitrogen and oxygen atoms in total. The third kappa shape index (κ3) is 3.84. The summed E-state index contributed by atoms with van der Waals surface area (Å²) in [4.78, 5) is 23.3. The molecule has 5 heteroatoms. The molecule has 2 rings (SSSR count). The fourth-order valence-corrected chi connectivity index (χ4v) is 1.59. The first-order valence-electron chi connectivity index (χ1n) is 6.05. The Labute approximate surface area is 116 Å². The Morgan fingerprint density at radius 1 is 1.00 bits per heavy atom. The summed E-state index contributed by atoms with van der Waals surface area (Å²) in [5.41, 5.74) is 6.61. The number of carbonyl (C=O) groups excluding carboxylic acids is 2. The number of benzene rings is 2. The molecular weight excluding hydrogens is 256 g/mol. The summed E-state index contributed by atoms with van der Waals surface area (Å²) < 4.78 is 5.02. The van der Waals surface area contributed by atoms with Gasteiger partial charge in [0.1, 0.15) is 12.2 Å². The average molecular weight is 270 g/mol. The Hall–Kier alpha value is -2.82. The standard InChI is InChI=1S/C15H14N2O3/c16-12-8-4-5-9-13(12)17-14(18)10-15(19)20-11-6-2-1-3-7-11/h1-9H,10,16H2,(H,17,18). The van der Waals surface area contributed by atoms with Crippen LogP contribution in [0.5, 0.6) is 5.75 Å². The van der Waals surface area contributed by atoms with Gasteiger partial charge in [-0.05, 0) is 24.3 Å². The zero-order valence-electron chi connectivity index (χ0n) is 10.7. The molecule has 0 aliphatic carbocycles. The predicted octanol–water partition coefficient (Wildman–Crippen LogP) is 2.20. The number of amides is 1. The third-order valence-corrected chi connectivity index (χ3v) is 2.51. The van der Waals surface area contributed by atoms with E-state index in [9.17, 15) is 9.59 Å². The van der Waals surface area contributed by atoms with Crippen LogP contribution in [0.15, 0.2) is 54.6 Å². The fourth-order valence-electron chi connectivity index (χ4n) is 1.59. The number of esters is 1. The summed E-state index contributed by atoms with van der Waals surface area (Å²) in [6.45, 7) is 0. The predicted molar refractivity (Wildman–Crippen MR) is 76.2 cm³/mol. The van der Waals surface area contributed by atoms with Crippen molar-refractivity contribution in [1.82, 2.24) is 0 Å². The number of hydrogen-bond donors (Lipinski definition) is 2. The number of hydrogen-bond acceptors (Lipinski definition) is 4. The second-order valence-electron chi connectivity index (χ2n) is 4.10. The van der Waals surface area contributed by atoms with Gasteiger partial charge in [-0.2, -0.15) is 0 Å². The molecule has 1 amide bonds. The van der Waals surface area contributed by atoms with E-state index in [1.165, 1.54) is 0 Å². The SMILES string of the molecule is Nc1ccccc1NC(=O)CC(=O)Oc1ccccc1. The first kappa shape index (κ1) is 13.6. The third-order valence-electron chi connectivity index (χ3n) is 2.51. The Balaban J connectivity index is 1.89. The molecule has 0 aliphatic rings. The number of nitrogen functional groups attached to an aromatic ring is 1.